The second-order valence-electron chi connectivity index (χ2n) is 2.61. The van der Waals surface area contributed by atoms with E-state index in [0.29, 0.717) is 0 Å². The Labute approximate surface area is 54.8 Å². The van der Waals surface area contributed by atoms with Gasteiger partial charge in [-0.2, -0.15) is 0 Å². The van der Waals surface area contributed by atoms with Gasteiger partial charge in [0.15, 0.2) is 0 Å². The fraction of sp³-hybridized carbons (Fsp3) is 0.667. The molecule has 48 valence electrons. The molecule has 0 fully saturated rings. The Morgan fingerprint density at radius 2 is 1.88 bits per heavy atom. The van der Waals surface area contributed by atoms with Crippen LogP contribution in [0.25, 0.3) is 0 Å². The quantitative estimate of drug-likeness (QED) is 0.553. The normalized spacial score (nSPS) is 11.4. The van der Waals surface area contributed by atoms with Gasteiger partial charge in [-0.3, -0.25) is 0 Å². The highest BCUT2D eigenvalue weighted by molar-refractivity contribution is 8.04. The maximum Gasteiger partial charge on any atom is 0.143 e. The topological polar surface area (TPSA) is 20.2 Å². The lowest BCUT2D eigenvalue weighted by Gasteiger charge is -2.14. The van der Waals surface area contributed by atoms with Gasteiger partial charge < -0.3 is 5.11 Å². The van der Waals surface area contributed by atoms with E-state index in [1.165, 1.54) is 11.8 Å². The van der Waals surface area contributed by atoms with Crippen molar-refractivity contribution in [3.8, 4) is 0 Å². The maximum atomic E-state index is 8.66. The van der Waals surface area contributed by atoms with Gasteiger partial charge in [0.25, 0.3) is 0 Å². The smallest absolute Gasteiger partial charge is 0.143 e. The van der Waals surface area contributed by atoms with E-state index < -0.39 is 0 Å². The molecule has 0 heterocycles. The Morgan fingerprint density at radius 3 is 1.88 bits per heavy atom. The molecule has 0 aliphatic heterocycles. The van der Waals surface area contributed by atoms with Crippen LogP contribution in [-0.4, -0.2) is 9.85 Å². The van der Waals surface area contributed by atoms with Gasteiger partial charge in [-0.1, -0.05) is 32.5 Å². The van der Waals surface area contributed by atoms with Crippen molar-refractivity contribution >= 4 is 11.8 Å². The summed E-state index contributed by atoms with van der Waals surface area (Å²) in [5.41, 5.74) is 0. The fourth-order valence-corrected chi connectivity index (χ4v) is 1.06. The third-order valence-corrected chi connectivity index (χ3v) is 1.27. The molecule has 0 spiro atoms. The number of rotatable bonds is 1. The summed E-state index contributed by atoms with van der Waals surface area (Å²) in [6.07, 6.45) is 0. The number of hydrogen-bond acceptors (Lipinski definition) is 2. The van der Waals surface area contributed by atoms with Gasteiger partial charge in [0.2, 0.25) is 0 Å². The molecule has 0 aromatic heterocycles. The van der Waals surface area contributed by atoms with E-state index in [0.717, 1.165) is 0 Å². The molecule has 0 atom stereocenters. The van der Waals surface area contributed by atoms with Gasteiger partial charge >= 0.3 is 0 Å². The number of aliphatic hydroxyl groups excluding tert-OH is 1. The van der Waals surface area contributed by atoms with Crippen LogP contribution in [0.4, 0.5) is 0 Å². The first-order valence-corrected chi connectivity index (χ1v) is 3.30. The summed E-state index contributed by atoms with van der Waals surface area (Å²) in [7, 11) is 0. The van der Waals surface area contributed by atoms with E-state index in [2.05, 4.69) is 6.58 Å². The fourth-order valence-electron chi connectivity index (χ4n) is 0.353. The first-order valence-electron chi connectivity index (χ1n) is 2.49. The molecule has 0 aliphatic rings. The molecule has 0 aliphatic carbocycles. The molecule has 0 aromatic rings. The Bertz CT molecular complexity index is 91.2. The van der Waals surface area contributed by atoms with Crippen LogP contribution < -0.4 is 0 Å². The lowest BCUT2D eigenvalue weighted by atomic mass is 10.3. The van der Waals surface area contributed by atoms with Crippen LogP contribution >= 0.6 is 11.8 Å². The second-order valence-corrected chi connectivity index (χ2v) is 4.51. The molecule has 0 amide bonds. The SMILES string of the molecule is C=C(O)SC(C)(C)C. The van der Waals surface area contributed by atoms with Gasteiger partial charge in [0.1, 0.15) is 5.09 Å². The molecule has 0 bridgehead atoms. The average Bonchev–Trinajstić information content (AvgIpc) is 1.21. The zero-order chi connectivity index (χ0) is 6.78. The van der Waals surface area contributed by atoms with Crippen LogP contribution in [0.1, 0.15) is 20.8 Å². The van der Waals surface area contributed by atoms with Crippen molar-refractivity contribution < 1.29 is 5.11 Å². The molecule has 0 radical (unpaired) electrons. The minimum Gasteiger partial charge on any atom is -0.503 e. The molecule has 0 unspecified atom stereocenters. The van der Waals surface area contributed by atoms with Crippen molar-refractivity contribution in [2.75, 3.05) is 0 Å². The Balaban J connectivity index is 3.55. The highest BCUT2D eigenvalue weighted by Crippen LogP contribution is 2.27. The van der Waals surface area contributed by atoms with Crippen LogP contribution in [-0.2, 0) is 0 Å². The zero-order valence-corrected chi connectivity index (χ0v) is 6.38. The molecule has 8 heavy (non-hydrogen) atoms. The van der Waals surface area contributed by atoms with Crippen molar-refractivity contribution in [2.24, 2.45) is 0 Å². The molecule has 0 saturated heterocycles. The van der Waals surface area contributed by atoms with Crippen LogP contribution in [0.5, 0.6) is 0 Å². The first kappa shape index (κ1) is 7.89. The van der Waals surface area contributed by atoms with Crippen molar-refractivity contribution in [3.05, 3.63) is 11.7 Å². The summed E-state index contributed by atoms with van der Waals surface area (Å²) >= 11 is 1.37. The van der Waals surface area contributed by atoms with Crippen molar-refractivity contribution in [1.82, 2.24) is 0 Å². The standard InChI is InChI=1S/C6H12OS/c1-5(7)8-6(2,3)4/h7H,1H2,2-4H3. The summed E-state index contributed by atoms with van der Waals surface area (Å²) in [5, 5.41) is 8.85. The average molecular weight is 132 g/mol. The van der Waals surface area contributed by atoms with E-state index in [9.17, 15) is 0 Å². The lowest BCUT2D eigenvalue weighted by molar-refractivity contribution is 0.457. The zero-order valence-electron chi connectivity index (χ0n) is 5.56. The molecule has 1 nitrogen and oxygen atoms in total. The Kier molecular flexibility index (Phi) is 2.41. The molecular weight excluding hydrogens is 120 g/mol. The third-order valence-electron chi connectivity index (χ3n) is 0.424. The molecule has 0 aromatic carbocycles. The summed E-state index contributed by atoms with van der Waals surface area (Å²) in [5.74, 6) is 0. The van der Waals surface area contributed by atoms with Gasteiger partial charge in [-0.15, -0.1) is 0 Å². The van der Waals surface area contributed by atoms with Gasteiger partial charge in [0.05, 0.1) is 0 Å². The van der Waals surface area contributed by atoms with Crippen LogP contribution in [0, 0.1) is 0 Å². The summed E-state index contributed by atoms with van der Waals surface area (Å²) < 4.78 is 0.0891. The summed E-state index contributed by atoms with van der Waals surface area (Å²) in [6, 6.07) is 0. The number of thioether (sulfide) groups is 1. The van der Waals surface area contributed by atoms with Gasteiger partial charge in [-0.25, -0.2) is 0 Å². The van der Waals surface area contributed by atoms with Gasteiger partial charge in [0, 0.05) is 4.75 Å². The van der Waals surface area contributed by atoms with Crippen molar-refractivity contribution in [2.45, 2.75) is 25.5 Å². The summed E-state index contributed by atoms with van der Waals surface area (Å²) in [4.78, 5) is 0. The van der Waals surface area contributed by atoms with Crippen molar-refractivity contribution in [1.29, 1.82) is 0 Å². The van der Waals surface area contributed by atoms with E-state index >= 15 is 0 Å². The molecule has 0 saturated carbocycles. The minimum absolute atomic E-state index is 0.0891. The maximum absolute atomic E-state index is 8.66. The van der Waals surface area contributed by atoms with E-state index in [4.69, 9.17) is 5.11 Å². The van der Waals surface area contributed by atoms with Crippen LogP contribution in [0.2, 0.25) is 0 Å². The minimum atomic E-state index is 0.0891. The predicted octanol–water partition coefficient (Wildman–Crippen LogP) is 2.55. The van der Waals surface area contributed by atoms with E-state index in [-0.39, 0.29) is 9.84 Å². The van der Waals surface area contributed by atoms with Crippen LogP contribution in [0.3, 0.4) is 0 Å². The molecule has 2 heteroatoms. The highest BCUT2D eigenvalue weighted by atomic mass is 32.2. The van der Waals surface area contributed by atoms with E-state index in [1.807, 2.05) is 20.8 Å². The Morgan fingerprint density at radius 1 is 1.50 bits per heavy atom. The summed E-state index contributed by atoms with van der Waals surface area (Å²) in [6.45, 7) is 9.44. The van der Waals surface area contributed by atoms with Gasteiger partial charge in [-0.05, 0) is 6.58 Å². The highest BCUT2D eigenvalue weighted by Gasteiger charge is 2.11. The van der Waals surface area contributed by atoms with E-state index in [1.54, 1.807) is 0 Å². The van der Waals surface area contributed by atoms with Crippen molar-refractivity contribution in [3.63, 3.8) is 0 Å². The number of aliphatic hydroxyl groups is 1. The largest absolute Gasteiger partial charge is 0.503 e. The monoisotopic (exact) mass is 132 g/mol. The Hall–Kier alpha value is -0.110. The molecular formula is C6H12OS. The third kappa shape index (κ3) is 5.89. The first-order chi connectivity index (χ1) is 3.42. The number of hydrogen-bond donors (Lipinski definition) is 1. The predicted molar refractivity (Wildman–Crippen MR) is 39.1 cm³/mol. The lowest BCUT2D eigenvalue weighted by Crippen LogP contribution is -2.06. The second kappa shape index (κ2) is 2.44. The molecule has 0 rings (SSSR count). The van der Waals surface area contributed by atoms with Crippen LogP contribution in [0.15, 0.2) is 11.7 Å². The molecule has 1 N–H and O–H groups in total.